The third kappa shape index (κ3) is 2.17. The van der Waals surface area contributed by atoms with Crippen molar-refractivity contribution in [2.45, 2.75) is 19.4 Å². The molecule has 0 amide bonds. The van der Waals surface area contributed by atoms with Gasteiger partial charge in [0.1, 0.15) is 13.2 Å². The quantitative estimate of drug-likeness (QED) is 0.790. The molecule has 0 aliphatic carbocycles. The Hall–Kier alpha value is -1.42. The molecular weight excluding hydrogens is 216 g/mol. The second kappa shape index (κ2) is 4.45. The number of nitrogen functional groups attached to an aromatic ring is 1. The molecule has 1 saturated heterocycles. The number of hydrogen-bond donors (Lipinski definition) is 1. The number of anilines is 1. The molecule has 4 nitrogen and oxygen atoms in total. The zero-order valence-electron chi connectivity index (χ0n) is 9.95. The molecule has 0 unspecified atom stereocenters. The van der Waals surface area contributed by atoms with Crippen LogP contribution in [0.15, 0.2) is 12.1 Å². The molecule has 0 atom stereocenters. The maximum atomic E-state index is 6.06. The Kier molecular flexibility index (Phi) is 2.81. The smallest absolute Gasteiger partial charge is 0.163 e. The first-order valence-corrected chi connectivity index (χ1v) is 6.23. The van der Waals surface area contributed by atoms with Gasteiger partial charge in [-0.1, -0.05) is 0 Å². The van der Waals surface area contributed by atoms with Crippen molar-refractivity contribution in [3.63, 3.8) is 0 Å². The van der Waals surface area contributed by atoms with E-state index in [1.807, 2.05) is 12.1 Å². The topological polar surface area (TPSA) is 47.7 Å². The second-order valence-corrected chi connectivity index (χ2v) is 4.68. The average Bonchev–Trinajstić information content (AvgIpc) is 2.83. The fraction of sp³-hybridized carbons (Fsp3) is 0.538. The lowest BCUT2D eigenvalue weighted by Gasteiger charge is -2.22. The summed E-state index contributed by atoms with van der Waals surface area (Å²) in [5, 5.41) is 0. The summed E-state index contributed by atoms with van der Waals surface area (Å²) in [5.41, 5.74) is 8.02. The Morgan fingerprint density at radius 2 is 1.71 bits per heavy atom. The Bertz CT molecular complexity index is 414. The first-order valence-electron chi connectivity index (χ1n) is 6.23. The van der Waals surface area contributed by atoms with Gasteiger partial charge in [0.25, 0.3) is 0 Å². The largest absolute Gasteiger partial charge is 0.486 e. The molecule has 0 saturated carbocycles. The van der Waals surface area contributed by atoms with E-state index in [2.05, 4.69) is 4.90 Å². The summed E-state index contributed by atoms with van der Waals surface area (Å²) >= 11 is 0. The molecule has 2 aliphatic rings. The highest BCUT2D eigenvalue weighted by Crippen LogP contribution is 2.35. The van der Waals surface area contributed by atoms with Crippen LogP contribution in [0.2, 0.25) is 0 Å². The van der Waals surface area contributed by atoms with E-state index in [0.717, 1.165) is 29.3 Å². The molecule has 2 N–H and O–H groups in total. The van der Waals surface area contributed by atoms with Crippen LogP contribution in [-0.4, -0.2) is 31.2 Å². The first-order chi connectivity index (χ1) is 8.33. The van der Waals surface area contributed by atoms with Crippen LogP contribution < -0.4 is 15.2 Å². The minimum absolute atomic E-state index is 0.609. The third-order valence-corrected chi connectivity index (χ3v) is 3.40. The minimum atomic E-state index is 0.609. The SMILES string of the molecule is Nc1cc2c(cc1CN1CCCC1)OCCO2. The molecule has 0 bridgehead atoms. The van der Waals surface area contributed by atoms with Crippen LogP contribution in [0.3, 0.4) is 0 Å². The van der Waals surface area contributed by atoms with Gasteiger partial charge in [-0.25, -0.2) is 0 Å². The molecule has 92 valence electrons. The van der Waals surface area contributed by atoms with E-state index in [1.54, 1.807) is 0 Å². The Morgan fingerprint density at radius 3 is 2.41 bits per heavy atom. The fourth-order valence-electron chi connectivity index (χ4n) is 2.47. The van der Waals surface area contributed by atoms with Crippen molar-refractivity contribution in [1.29, 1.82) is 0 Å². The van der Waals surface area contributed by atoms with Crippen molar-refractivity contribution < 1.29 is 9.47 Å². The predicted octanol–water partition coefficient (Wildman–Crippen LogP) is 1.64. The van der Waals surface area contributed by atoms with E-state index in [9.17, 15) is 0 Å². The standard InChI is InChI=1S/C13H18N2O2/c14-11-8-13-12(16-5-6-17-13)7-10(11)9-15-3-1-2-4-15/h7-8H,1-6,9,14H2. The molecule has 1 aromatic rings. The molecule has 17 heavy (non-hydrogen) atoms. The van der Waals surface area contributed by atoms with Crippen molar-refractivity contribution in [1.82, 2.24) is 4.90 Å². The van der Waals surface area contributed by atoms with E-state index in [1.165, 1.54) is 25.9 Å². The number of rotatable bonds is 2. The molecule has 2 aliphatic heterocycles. The highest BCUT2D eigenvalue weighted by atomic mass is 16.6. The maximum Gasteiger partial charge on any atom is 0.163 e. The molecule has 2 heterocycles. The summed E-state index contributed by atoms with van der Waals surface area (Å²) in [6, 6.07) is 3.92. The molecule has 4 heteroatoms. The summed E-state index contributed by atoms with van der Waals surface area (Å²) < 4.78 is 11.1. The molecule has 1 fully saturated rings. The number of likely N-dealkylation sites (tertiary alicyclic amines) is 1. The van der Waals surface area contributed by atoms with Gasteiger partial charge in [-0.15, -0.1) is 0 Å². The van der Waals surface area contributed by atoms with E-state index in [-0.39, 0.29) is 0 Å². The van der Waals surface area contributed by atoms with Gasteiger partial charge in [-0.2, -0.15) is 0 Å². The Balaban J connectivity index is 1.83. The molecule has 0 aromatic heterocycles. The van der Waals surface area contributed by atoms with Gasteiger partial charge in [0, 0.05) is 18.3 Å². The van der Waals surface area contributed by atoms with Crippen LogP contribution in [0.1, 0.15) is 18.4 Å². The monoisotopic (exact) mass is 234 g/mol. The zero-order valence-corrected chi connectivity index (χ0v) is 9.95. The van der Waals surface area contributed by atoms with Crippen LogP contribution >= 0.6 is 0 Å². The number of nitrogens with zero attached hydrogens (tertiary/aromatic N) is 1. The Labute approximate surface area is 101 Å². The highest BCUT2D eigenvalue weighted by molar-refractivity contribution is 5.58. The fourth-order valence-corrected chi connectivity index (χ4v) is 2.47. The molecule has 3 rings (SSSR count). The van der Waals surface area contributed by atoms with Crippen molar-refractivity contribution in [2.75, 3.05) is 32.0 Å². The predicted molar refractivity (Wildman–Crippen MR) is 66.4 cm³/mol. The highest BCUT2D eigenvalue weighted by Gasteiger charge is 2.17. The van der Waals surface area contributed by atoms with Gasteiger partial charge < -0.3 is 15.2 Å². The van der Waals surface area contributed by atoms with Crippen molar-refractivity contribution >= 4 is 5.69 Å². The number of fused-ring (bicyclic) bond motifs is 1. The van der Waals surface area contributed by atoms with Crippen LogP contribution in [-0.2, 0) is 6.54 Å². The van der Waals surface area contributed by atoms with Gasteiger partial charge in [0.15, 0.2) is 11.5 Å². The molecule has 0 radical (unpaired) electrons. The normalized spacial score (nSPS) is 19.5. The lowest BCUT2D eigenvalue weighted by atomic mass is 10.1. The summed E-state index contributed by atoms with van der Waals surface area (Å²) in [5.74, 6) is 1.61. The van der Waals surface area contributed by atoms with Gasteiger partial charge in [0.05, 0.1) is 0 Å². The minimum Gasteiger partial charge on any atom is -0.486 e. The zero-order chi connectivity index (χ0) is 11.7. The van der Waals surface area contributed by atoms with Crippen molar-refractivity contribution in [3.8, 4) is 11.5 Å². The molecule has 1 aromatic carbocycles. The number of ether oxygens (including phenoxy) is 2. The number of hydrogen-bond acceptors (Lipinski definition) is 4. The van der Waals surface area contributed by atoms with Crippen LogP contribution in [0.4, 0.5) is 5.69 Å². The lowest BCUT2D eigenvalue weighted by Crippen LogP contribution is -2.20. The van der Waals surface area contributed by atoms with Crippen molar-refractivity contribution in [3.05, 3.63) is 17.7 Å². The lowest BCUT2D eigenvalue weighted by molar-refractivity contribution is 0.171. The van der Waals surface area contributed by atoms with E-state index in [0.29, 0.717) is 13.2 Å². The molecular formula is C13H18N2O2. The average molecular weight is 234 g/mol. The third-order valence-electron chi connectivity index (χ3n) is 3.40. The van der Waals surface area contributed by atoms with Crippen molar-refractivity contribution in [2.24, 2.45) is 0 Å². The molecule has 0 spiro atoms. The van der Waals surface area contributed by atoms with Crippen LogP contribution in [0, 0.1) is 0 Å². The van der Waals surface area contributed by atoms with Gasteiger partial charge >= 0.3 is 0 Å². The van der Waals surface area contributed by atoms with E-state index >= 15 is 0 Å². The van der Waals surface area contributed by atoms with Gasteiger partial charge in [-0.3, -0.25) is 4.90 Å². The summed E-state index contributed by atoms with van der Waals surface area (Å²) in [6.45, 7) is 4.50. The maximum absolute atomic E-state index is 6.06. The summed E-state index contributed by atoms with van der Waals surface area (Å²) in [7, 11) is 0. The first kappa shape index (κ1) is 10.7. The van der Waals surface area contributed by atoms with Crippen LogP contribution in [0.25, 0.3) is 0 Å². The van der Waals surface area contributed by atoms with Crippen LogP contribution in [0.5, 0.6) is 11.5 Å². The summed E-state index contributed by atoms with van der Waals surface area (Å²) in [4.78, 5) is 2.43. The van der Waals surface area contributed by atoms with Gasteiger partial charge in [-0.05, 0) is 37.6 Å². The van der Waals surface area contributed by atoms with E-state index < -0.39 is 0 Å². The number of benzene rings is 1. The van der Waals surface area contributed by atoms with E-state index in [4.69, 9.17) is 15.2 Å². The van der Waals surface area contributed by atoms with Gasteiger partial charge in [0.2, 0.25) is 0 Å². The number of nitrogens with two attached hydrogens (primary N) is 1. The Morgan fingerprint density at radius 1 is 1.06 bits per heavy atom. The second-order valence-electron chi connectivity index (χ2n) is 4.68. The summed E-state index contributed by atoms with van der Waals surface area (Å²) in [6.07, 6.45) is 2.59.